The Morgan fingerprint density at radius 3 is 1.79 bits per heavy atom. The van der Waals surface area contributed by atoms with Crippen LogP contribution in [-0.2, 0) is 82.7 Å². The largest absolute Gasteiger partial charge is 0.493 e. The third-order valence-electron chi connectivity index (χ3n) is 10.5. The Labute approximate surface area is 375 Å². The normalized spacial score (nSPS) is 25.1. The van der Waals surface area contributed by atoms with Crippen molar-refractivity contribution < 1.29 is 105 Å². The molecule has 4 aliphatic heterocycles. The first-order chi connectivity index (χ1) is 31.5. The van der Waals surface area contributed by atoms with Crippen molar-refractivity contribution in [2.45, 2.75) is 103 Å². The number of hydrogen-bond acceptors (Lipinski definition) is 22. The number of ether oxygens (including phenoxy) is 15. The van der Waals surface area contributed by atoms with Gasteiger partial charge in [-0.25, -0.2) is 4.79 Å². The highest BCUT2D eigenvalue weighted by molar-refractivity contribution is 6.14. The molecule has 9 atom stereocenters. The first-order valence-corrected chi connectivity index (χ1v) is 20.4. The Kier molecular flexibility index (Phi) is 14.0. The SMILES string of the molecule is COc1cc2c(O[C@@H]3O[C@H](CO[C@@H]4OC[C@H](OC(C)=O)[C@H](OC(C)=O)[C@H]4OC(C)=O)[C@H](OC(C)=O)[C@H](OC(C)=O)[C@H]3OC(C)=O)c3c(c(-c4ccc5c(c4)OCO5)c2cc1OC)C(=O)OC3. The number of esters is 7. The van der Waals surface area contributed by atoms with E-state index in [1.54, 1.807) is 30.3 Å². The van der Waals surface area contributed by atoms with Gasteiger partial charge < -0.3 is 71.1 Å². The van der Waals surface area contributed by atoms with E-state index in [0.717, 1.165) is 41.5 Å². The molecule has 22 nitrogen and oxygen atoms in total. The van der Waals surface area contributed by atoms with Crippen LogP contribution in [0.2, 0.25) is 0 Å². The average molecular weight is 927 g/mol. The number of carbonyl (C=O) groups excluding carboxylic acids is 7. The predicted octanol–water partition coefficient (Wildman–Crippen LogP) is 2.99. The highest BCUT2D eigenvalue weighted by Crippen LogP contribution is 2.50. The maximum absolute atomic E-state index is 13.8. The van der Waals surface area contributed by atoms with Gasteiger partial charge in [0.2, 0.25) is 19.2 Å². The molecule has 7 rings (SSSR count). The van der Waals surface area contributed by atoms with E-state index in [4.69, 9.17) is 71.1 Å². The van der Waals surface area contributed by atoms with Gasteiger partial charge in [0, 0.05) is 58.1 Å². The lowest BCUT2D eigenvalue weighted by molar-refractivity contribution is -0.313. The summed E-state index contributed by atoms with van der Waals surface area (Å²) >= 11 is 0. The summed E-state index contributed by atoms with van der Waals surface area (Å²) in [4.78, 5) is 88.7. The molecule has 4 aliphatic rings. The fourth-order valence-electron chi connectivity index (χ4n) is 8.14. The average Bonchev–Trinajstić information content (AvgIpc) is 3.88. The summed E-state index contributed by atoms with van der Waals surface area (Å²) in [5.41, 5.74) is 1.27. The monoisotopic (exact) mass is 926 g/mol. The van der Waals surface area contributed by atoms with Gasteiger partial charge in [-0.1, -0.05) is 6.07 Å². The lowest BCUT2D eigenvalue weighted by Gasteiger charge is -2.45. The Morgan fingerprint density at radius 2 is 1.17 bits per heavy atom. The van der Waals surface area contributed by atoms with E-state index >= 15 is 0 Å². The molecule has 3 aromatic rings. The van der Waals surface area contributed by atoms with E-state index in [9.17, 15) is 33.6 Å². The van der Waals surface area contributed by atoms with Gasteiger partial charge in [0.05, 0.1) is 33.0 Å². The fourth-order valence-corrected chi connectivity index (χ4v) is 8.14. The van der Waals surface area contributed by atoms with Crippen LogP contribution in [0.1, 0.15) is 57.5 Å². The minimum atomic E-state index is -1.76. The van der Waals surface area contributed by atoms with Crippen LogP contribution in [0.4, 0.5) is 0 Å². The third-order valence-corrected chi connectivity index (χ3v) is 10.5. The lowest BCUT2D eigenvalue weighted by atomic mass is 9.89. The van der Waals surface area contributed by atoms with Crippen LogP contribution in [0, 0.1) is 0 Å². The van der Waals surface area contributed by atoms with Gasteiger partial charge in [0.25, 0.3) is 0 Å². The van der Waals surface area contributed by atoms with Crippen LogP contribution < -0.4 is 23.7 Å². The lowest BCUT2D eigenvalue weighted by Crippen LogP contribution is -2.64. The number of carbonyl (C=O) groups is 7. The van der Waals surface area contributed by atoms with Crippen molar-refractivity contribution in [3.63, 3.8) is 0 Å². The summed E-state index contributed by atoms with van der Waals surface area (Å²) in [7, 11) is 2.85. The number of cyclic esters (lactones) is 1. The van der Waals surface area contributed by atoms with E-state index in [2.05, 4.69) is 0 Å². The number of fused-ring (bicyclic) bond motifs is 3. The van der Waals surface area contributed by atoms with Crippen molar-refractivity contribution in [3.8, 4) is 39.9 Å². The molecule has 0 bridgehead atoms. The van der Waals surface area contributed by atoms with Crippen LogP contribution in [0.25, 0.3) is 21.9 Å². The summed E-state index contributed by atoms with van der Waals surface area (Å²) in [6, 6.07) is 8.36. The molecule has 0 saturated carbocycles. The second kappa shape index (κ2) is 19.7. The molecule has 0 radical (unpaired) electrons. The van der Waals surface area contributed by atoms with Crippen molar-refractivity contribution in [1.82, 2.24) is 0 Å². The Hall–Kier alpha value is -6.91. The molecular weight excluding hydrogens is 880 g/mol. The van der Waals surface area contributed by atoms with Crippen molar-refractivity contribution >= 4 is 52.6 Å². The molecule has 0 unspecified atom stereocenters. The highest BCUT2D eigenvalue weighted by atomic mass is 16.8. The van der Waals surface area contributed by atoms with Crippen molar-refractivity contribution in [2.24, 2.45) is 0 Å². The Bertz CT molecular complexity index is 2430. The van der Waals surface area contributed by atoms with E-state index in [1.165, 1.54) is 14.2 Å². The van der Waals surface area contributed by atoms with Gasteiger partial charge in [0.15, 0.2) is 59.8 Å². The quantitative estimate of drug-likeness (QED) is 0.166. The first kappa shape index (κ1) is 47.1. The van der Waals surface area contributed by atoms with Crippen LogP contribution in [0.5, 0.6) is 28.7 Å². The second-order valence-corrected chi connectivity index (χ2v) is 15.2. The van der Waals surface area contributed by atoms with Crippen molar-refractivity contribution in [1.29, 1.82) is 0 Å². The summed E-state index contributed by atoms with van der Waals surface area (Å²) < 4.78 is 86.6. The summed E-state index contributed by atoms with van der Waals surface area (Å²) in [6.07, 6.45) is -13.9. The molecule has 3 aromatic carbocycles. The molecule has 2 saturated heterocycles. The molecule has 0 amide bonds. The minimum absolute atomic E-state index is 0.00708. The molecule has 0 aliphatic carbocycles. The molecule has 2 fully saturated rings. The van der Waals surface area contributed by atoms with E-state index < -0.39 is 110 Å². The van der Waals surface area contributed by atoms with Gasteiger partial charge in [0.1, 0.15) is 18.5 Å². The molecule has 354 valence electrons. The molecule has 0 spiro atoms. The molecule has 0 aromatic heterocycles. The molecular formula is C44H46O22. The van der Waals surface area contributed by atoms with Gasteiger partial charge in [-0.05, 0) is 35.2 Å². The number of hydrogen-bond donors (Lipinski definition) is 0. The second-order valence-electron chi connectivity index (χ2n) is 15.2. The molecule has 66 heavy (non-hydrogen) atoms. The van der Waals surface area contributed by atoms with Crippen LogP contribution >= 0.6 is 0 Å². The summed E-state index contributed by atoms with van der Waals surface area (Å²) in [5.74, 6) is -4.35. The molecule has 22 heteroatoms. The molecule has 0 N–H and O–H groups in total. The fraction of sp³-hybridized carbons (Fsp3) is 0.477. The van der Waals surface area contributed by atoms with Gasteiger partial charge in [-0.15, -0.1) is 0 Å². The van der Waals surface area contributed by atoms with Crippen molar-refractivity contribution in [2.75, 3.05) is 34.2 Å². The number of benzene rings is 3. The topological polar surface area (TPSA) is 258 Å². The van der Waals surface area contributed by atoms with Crippen molar-refractivity contribution in [3.05, 3.63) is 41.5 Å². The zero-order chi connectivity index (χ0) is 47.6. The maximum Gasteiger partial charge on any atom is 0.339 e. The number of rotatable bonds is 14. The van der Waals surface area contributed by atoms with Gasteiger partial charge in [-0.2, -0.15) is 0 Å². The van der Waals surface area contributed by atoms with Crippen LogP contribution in [0.3, 0.4) is 0 Å². The number of methoxy groups -OCH3 is 2. The smallest absolute Gasteiger partial charge is 0.339 e. The van der Waals surface area contributed by atoms with E-state index in [1.807, 2.05) is 0 Å². The van der Waals surface area contributed by atoms with Crippen LogP contribution in [0.15, 0.2) is 30.3 Å². The standard InChI is InChI=1S/C44H46O22/c1-18(45)59-32-15-55-43(40(63-22(5)49)38(32)61-20(3)47)56-16-33-37(60-19(2)46)39(62-21(4)48)41(64-23(6)50)44(65-33)66-36-26-13-30(53-8)29(52-7)12-25(26)34(35-27(36)14-54-42(35)51)24-9-10-28-31(11-24)58-17-57-28/h9-13,32-33,37-41,43-44H,14-17H2,1-8H3/t32-,33+,37-,38-,39-,40+,41+,43-,44-/m0/s1. The Morgan fingerprint density at radius 1 is 0.606 bits per heavy atom. The first-order valence-electron chi connectivity index (χ1n) is 20.4. The summed E-state index contributed by atoms with van der Waals surface area (Å²) in [6.45, 7) is 5.16. The van der Waals surface area contributed by atoms with Crippen LogP contribution in [-0.4, -0.2) is 131 Å². The maximum atomic E-state index is 13.8. The third kappa shape index (κ3) is 9.84. The zero-order valence-corrected chi connectivity index (χ0v) is 36.9. The van der Waals surface area contributed by atoms with Gasteiger partial charge in [-0.3, -0.25) is 28.8 Å². The highest BCUT2D eigenvalue weighted by Gasteiger charge is 2.55. The summed E-state index contributed by atoms with van der Waals surface area (Å²) in [5, 5.41) is 0.716. The van der Waals surface area contributed by atoms with E-state index in [-0.39, 0.29) is 41.8 Å². The predicted molar refractivity (Wildman–Crippen MR) is 216 cm³/mol. The molecule has 4 heterocycles. The minimum Gasteiger partial charge on any atom is -0.493 e. The van der Waals surface area contributed by atoms with E-state index in [0.29, 0.717) is 33.4 Å². The Balaban J connectivity index is 1.34. The zero-order valence-electron chi connectivity index (χ0n) is 36.9. The van der Waals surface area contributed by atoms with Gasteiger partial charge >= 0.3 is 41.8 Å².